The van der Waals surface area contributed by atoms with Crippen molar-refractivity contribution in [2.24, 2.45) is 0 Å². The molecular weight excluding hydrogens is 150 g/mol. The monoisotopic (exact) mass is 158 g/mol. The molecule has 1 aromatic carbocycles. The van der Waals surface area contributed by atoms with Gasteiger partial charge in [0.1, 0.15) is 0 Å². The summed E-state index contributed by atoms with van der Waals surface area (Å²) < 4.78 is 0. The lowest BCUT2D eigenvalue weighted by Crippen LogP contribution is -1.81. The quantitative estimate of drug-likeness (QED) is 0.580. The van der Waals surface area contributed by atoms with Crippen LogP contribution < -0.4 is 0 Å². The van der Waals surface area contributed by atoms with Crippen molar-refractivity contribution < 1.29 is 5.11 Å². The van der Waals surface area contributed by atoms with Gasteiger partial charge < -0.3 is 0 Å². The minimum Gasteiger partial charge on any atom is -0.290 e. The summed E-state index contributed by atoms with van der Waals surface area (Å²) in [5, 5.41) is 12.0. The Kier molecular flexibility index (Phi) is 1.47. The molecule has 12 heavy (non-hydrogen) atoms. The molecular formula is C10H8NO. The lowest BCUT2D eigenvalue weighted by molar-refractivity contribution is 0.355. The van der Waals surface area contributed by atoms with Crippen molar-refractivity contribution >= 4 is 10.9 Å². The zero-order valence-electron chi connectivity index (χ0n) is 6.74. The average molecular weight is 158 g/mol. The second kappa shape index (κ2) is 2.48. The van der Waals surface area contributed by atoms with E-state index in [4.69, 9.17) is 0 Å². The van der Waals surface area contributed by atoms with E-state index < -0.39 is 0 Å². The van der Waals surface area contributed by atoms with Gasteiger partial charge >= 0.3 is 0 Å². The Labute approximate surface area is 70.5 Å². The van der Waals surface area contributed by atoms with Gasteiger partial charge in [-0.3, -0.25) is 10.1 Å². The smallest absolute Gasteiger partial charge is 0.180 e. The SMILES string of the molecule is Cc1ccc2ccc([O])cc2n1. The van der Waals surface area contributed by atoms with Crippen LogP contribution in [-0.4, -0.2) is 4.98 Å². The van der Waals surface area contributed by atoms with Crippen LogP contribution in [0.1, 0.15) is 5.69 Å². The molecule has 0 aliphatic heterocycles. The first kappa shape index (κ1) is 7.10. The predicted octanol–water partition coefficient (Wildman–Crippen LogP) is 2.69. The molecule has 0 fully saturated rings. The highest BCUT2D eigenvalue weighted by molar-refractivity contribution is 5.79. The van der Waals surface area contributed by atoms with Crippen LogP contribution in [0.2, 0.25) is 0 Å². The first-order chi connectivity index (χ1) is 5.75. The van der Waals surface area contributed by atoms with Crippen LogP contribution in [0.15, 0.2) is 30.3 Å². The fourth-order valence-corrected chi connectivity index (χ4v) is 1.20. The summed E-state index contributed by atoms with van der Waals surface area (Å²) in [6.07, 6.45) is 0. The van der Waals surface area contributed by atoms with Gasteiger partial charge in [-0.25, -0.2) is 0 Å². The van der Waals surface area contributed by atoms with Gasteiger partial charge in [-0.15, -0.1) is 0 Å². The fourth-order valence-electron chi connectivity index (χ4n) is 1.20. The molecule has 0 aliphatic carbocycles. The number of rotatable bonds is 0. The maximum atomic E-state index is 11.0. The summed E-state index contributed by atoms with van der Waals surface area (Å²) in [4.78, 5) is 4.24. The zero-order valence-corrected chi connectivity index (χ0v) is 6.74. The molecule has 0 amide bonds. The van der Waals surface area contributed by atoms with E-state index in [1.807, 2.05) is 19.1 Å². The van der Waals surface area contributed by atoms with Crippen molar-refractivity contribution in [3.63, 3.8) is 0 Å². The van der Waals surface area contributed by atoms with Crippen molar-refractivity contribution in [1.29, 1.82) is 0 Å². The van der Waals surface area contributed by atoms with Crippen molar-refractivity contribution in [2.45, 2.75) is 6.92 Å². The molecule has 0 aliphatic rings. The van der Waals surface area contributed by atoms with Crippen LogP contribution in [0.3, 0.4) is 0 Å². The third kappa shape index (κ3) is 1.11. The molecule has 0 unspecified atom stereocenters. The summed E-state index contributed by atoms with van der Waals surface area (Å²) in [6, 6.07) is 8.82. The van der Waals surface area contributed by atoms with Crippen LogP contribution in [0.25, 0.3) is 10.9 Å². The molecule has 2 rings (SSSR count). The molecule has 2 aromatic rings. The van der Waals surface area contributed by atoms with Gasteiger partial charge in [0.25, 0.3) is 0 Å². The van der Waals surface area contributed by atoms with Crippen LogP contribution in [0.4, 0.5) is 0 Å². The van der Waals surface area contributed by atoms with E-state index in [1.54, 1.807) is 18.2 Å². The van der Waals surface area contributed by atoms with Gasteiger partial charge in [-0.05, 0) is 25.1 Å². The summed E-state index contributed by atoms with van der Waals surface area (Å²) >= 11 is 0. The predicted molar refractivity (Wildman–Crippen MR) is 46.6 cm³/mol. The number of nitrogens with zero attached hydrogens (tertiary/aromatic N) is 1. The largest absolute Gasteiger partial charge is 0.290 e. The first-order valence-corrected chi connectivity index (χ1v) is 3.80. The maximum absolute atomic E-state index is 11.0. The number of pyridine rings is 1. The molecule has 2 nitrogen and oxygen atoms in total. The van der Waals surface area contributed by atoms with Gasteiger partial charge in [0.2, 0.25) is 0 Å². The molecule has 0 bridgehead atoms. The highest BCUT2D eigenvalue weighted by atomic mass is 16.3. The maximum Gasteiger partial charge on any atom is 0.180 e. The Balaban J connectivity index is 2.80. The number of fused-ring (bicyclic) bond motifs is 1. The molecule has 1 radical (unpaired) electrons. The summed E-state index contributed by atoms with van der Waals surface area (Å²) in [5.74, 6) is 0.0144. The molecule has 0 spiro atoms. The van der Waals surface area contributed by atoms with E-state index >= 15 is 0 Å². The average Bonchev–Trinajstić information content (AvgIpc) is 2.03. The Morgan fingerprint density at radius 2 is 1.92 bits per heavy atom. The molecule has 1 heterocycles. The van der Waals surface area contributed by atoms with E-state index in [1.165, 1.54) is 0 Å². The van der Waals surface area contributed by atoms with Gasteiger partial charge in [0, 0.05) is 17.1 Å². The standard InChI is InChI=1S/C10H8NO/c1-7-2-3-8-4-5-9(12)6-10(8)11-7/h2-6H,1H3. The normalized spacial score (nSPS) is 10.4. The number of benzene rings is 1. The second-order valence-electron chi connectivity index (χ2n) is 2.81. The molecule has 0 saturated carbocycles. The van der Waals surface area contributed by atoms with Gasteiger partial charge in [0.05, 0.1) is 5.52 Å². The lowest BCUT2D eigenvalue weighted by atomic mass is 10.2. The first-order valence-electron chi connectivity index (χ1n) is 3.80. The van der Waals surface area contributed by atoms with Crippen molar-refractivity contribution in [2.75, 3.05) is 0 Å². The Morgan fingerprint density at radius 3 is 2.75 bits per heavy atom. The topological polar surface area (TPSA) is 32.8 Å². The number of hydrogen-bond donors (Lipinski definition) is 0. The molecule has 59 valence electrons. The van der Waals surface area contributed by atoms with Crippen molar-refractivity contribution in [3.05, 3.63) is 36.0 Å². The molecule has 0 atom stereocenters. The number of aryl methyl sites for hydroxylation is 1. The summed E-state index contributed by atoms with van der Waals surface area (Å²) in [7, 11) is 0. The van der Waals surface area contributed by atoms with Crippen LogP contribution in [-0.2, 0) is 5.11 Å². The Morgan fingerprint density at radius 1 is 1.17 bits per heavy atom. The summed E-state index contributed by atoms with van der Waals surface area (Å²) in [5.41, 5.74) is 1.72. The van der Waals surface area contributed by atoms with Crippen LogP contribution in [0.5, 0.6) is 5.75 Å². The Bertz CT molecular complexity index is 386. The van der Waals surface area contributed by atoms with Gasteiger partial charge in [0.15, 0.2) is 5.75 Å². The second-order valence-corrected chi connectivity index (χ2v) is 2.81. The number of hydrogen-bond acceptors (Lipinski definition) is 1. The fraction of sp³-hybridized carbons (Fsp3) is 0.100. The van der Waals surface area contributed by atoms with Gasteiger partial charge in [-0.2, -0.15) is 0 Å². The summed E-state index contributed by atoms with van der Waals surface area (Å²) in [6.45, 7) is 1.91. The minimum atomic E-state index is 0.0144. The molecule has 1 aromatic heterocycles. The van der Waals surface area contributed by atoms with E-state index in [-0.39, 0.29) is 5.75 Å². The van der Waals surface area contributed by atoms with Gasteiger partial charge in [-0.1, -0.05) is 6.07 Å². The zero-order chi connectivity index (χ0) is 8.55. The number of aromatic nitrogens is 1. The highest BCUT2D eigenvalue weighted by Crippen LogP contribution is 2.18. The van der Waals surface area contributed by atoms with Crippen LogP contribution >= 0.6 is 0 Å². The van der Waals surface area contributed by atoms with E-state index in [9.17, 15) is 5.11 Å². The molecule has 0 saturated heterocycles. The van der Waals surface area contributed by atoms with E-state index in [2.05, 4.69) is 4.98 Å². The third-order valence-corrected chi connectivity index (χ3v) is 1.80. The van der Waals surface area contributed by atoms with Crippen LogP contribution in [0, 0.1) is 6.92 Å². The van der Waals surface area contributed by atoms with Crippen molar-refractivity contribution in [3.8, 4) is 5.75 Å². The molecule has 2 heteroatoms. The third-order valence-electron chi connectivity index (χ3n) is 1.80. The van der Waals surface area contributed by atoms with E-state index in [0.29, 0.717) is 0 Å². The lowest BCUT2D eigenvalue weighted by Gasteiger charge is -1.97. The minimum absolute atomic E-state index is 0.0144. The highest BCUT2D eigenvalue weighted by Gasteiger charge is 1.96. The van der Waals surface area contributed by atoms with Crippen molar-refractivity contribution in [1.82, 2.24) is 4.98 Å². The molecule has 0 N–H and O–H groups in total. The Hall–Kier alpha value is -1.57. The van der Waals surface area contributed by atoms with E-state index in [0.717, 1.165) is 16.6 Å².